The van der Waals surface area contributed by atoms with Gasteiger partial charge in [-0.05, 0) is 61.8 Å². The van der Waals surface area contributed by atoms with E-state index in [0.29, 0.717) is 0 Å². The second-order valence-corrected chi connectivity index (χ2v) is 4.62. The molecule has 0 amide bonds. The molecule has 0 aromatic heterocycles. The Hall–Kier alpha value is -1.26. The van der Waals surface area contributed by atoms with Gasteiger partial charge in [-0.25, -0.2) is 0 Å². The first-order valence-corrected chi connectivity index (χ1v) is 5.57. The largest absolute Gasteiger partial charge is 0.128 e. The van der Waals surface area contributed by atoms with E-state index in [1.807, 2.05) is 6.08 Å². The van der Waals surface area contributed by atoms with Crippen molar-refractivity contribution in [1.82, 2.24) is 0 Å². The zero-order valence-electron chi connectivity index (χ0n) is 9.80. The molecule has 2 rings (SSSR count). The van der Waals surface area contributed by atoms with Crippen molar-refractivity contribution in [2.24, 2.45) is 11.8 Å². The minimum absolute atomic E-state index is 0.834. The number of allylic oxidation sites excluding steroid dienone is 7. The average molecular weight is 198 g/mol. The van der Waals surface area contributed by atoms with E-state index in [-0.39, 0.29) is 0 Å². The van der Waals surface area contributed by atoms with Crippen LogP contribution in [0.5, 0.6) is 0 Å². The minimum Gasteiger partial charge on any atom is -0.128 e. The lowest BCUT2D eigenvalue weighted by atomic mass is 9.91. The van der Waals surface area contributed by atoms with Crippen molar-refractivity contribution >= 4 is 0 Å². The highest BCUT2D eigenvalue weighted by atomic mass is 14.4. The van der Waals surface area contributed by atoms with Crippen LogP contribution in [-0.4, -0.2) is 0 Å². The molecule has 0 spiro atoms. The number of hydrogen-bond acceptors (Lipinski definition) is 0. The Morgan fingerprint density at radius 1 is 1.53 bits per heavy atom. The first kappa shape index (κ1) is 10.3. The molecule has 1 saturated carbocycles. The second-order valence-electron chi connectivity index (χ2n) is 4.62. The zero-order chi connectivity index (χ0) is 11.0. The van der Waals surface area contributed by atoms with Crippen molar-refractivity contribution in [2.45, 2.75) is 27.2 Å². The molecule has 2 aliphatic rings. The Morgan fingerprint density at radius 3 is 2.93 bits per heavy atom. The van der Waals surface area contributed by atoms with Gasteiger partial charge in [0.1, 0.15) is 0 Å². The van der Waals surface area contributed by atoms with Crippen LogP contribution >= 0.6 is 0 Å². The summed E-state index contributed by atoms with van der Waals surface area (Å²) >= 11 is 0. The van der Waals surface area contributed by atoms with Gasteiger partial charge < -0.3 is 0 Å². The van der Waals surface area contributed by atoms with Crippen LogP contribution in [-0.2, 0) is 0 Å². The molecule has 2 atom stereocenters. The number of fused-ring (bicyclic) bond motifs is 1. The van der Waals surface area contributed by atoms with E-state index in [1.54, 1.807) is 5.57 Å². The van der Waals surface area contributed by atoms with Crippen molar-refractivity contribution in [3.05, 3.63) is 52.8 Å². The van der Waals surface area contributed by atoms with E-state index in [4.69, 9.17) is 0 Å². The minimum atomic E-state index is 0.834. The van der Waals surface area contributed by atoms with E-state index in [2.05, 4.69) is 45.2 Å². The summed E-state index contributed by atoms with van der Waals surface area (Å²) in [5.41, 5.74) is 8.47. The molecule has 0 N–H and O–H groups in total. The van der Waals surface area contributed by atoms with Crippen LogP contribution in [0.25, 0.3) is 0 Å². The molecular weight excluding hydrogens is 180 g/mol. The van der Waals surface area contributed by atoms with Gasteiger partial charge in [0.05, 0.1) is 0 Å². The standard InChI is InChI=1S/C15H18/c1-5-6-10(2)11(3)14-8-7-13-9-15(13)12(14)4/h6-8,13,15H,1,9H2,2-4H3/b11-10-. The fraction of sp³-hybridized carbons (Fsp3) is 0.400. The lowest BCUT2D eigenvalue weighted by Gasteiger charge is -2.14. The summed E-state index contributed by atoms with van der Waals surface area (Å²) in [6, 6.07) is 0. The molecule has 0 aromatic carbocycles. The Kier molecular flexibility index (Phi) is 2.54. The molecule has 0 heterocycles. The van der Waals surface area contributed by atoms with Crippen molar-refractivity contribution < 1.29 is 0 Å². The number of hydrogen-bond donors (Lipinski definition) is 0. The lowest BCUT2D eigenvalue weighted by Crippen LogP contribution is -1.97. The summed E-state index contributed by atoms with van der Waals surface area (Å²) < 4.78 is 0. The van der Waals surface area contributed by atoms with E-state index >= 15 is 0 Å². The van der Waals surface area contributed by atoms with Gasteiger partial charge in [0.25, 0.3) is 0 Å². The fourth-order valence-corrected chi connectivity index (χ4v) is 2.37. The summed E-state index contributed by atoms with van der Waals surface area (Å²) in [5, 5.41) is 0. The molecule has 0 saturated heterocycles. The van der Waals surface area contributed by atoms with Gasteiger partial charge in [-0.1, -0.05) is 24.3 Å². The highest BCUT2D eigenvalue weighted by molar-refractivity contribution is 5.51. The summed E-state index contributed by atoms with van der Waals surface area (Å²) in [7, 11) is 0. The highest BCUT2D eigenvalue weighted by Gasteiger charge is 2.39. The average Bonchev–Trinajstić information content (AvgIpc) is 2.98. The van der Waals surface area contributed by atoms with Crippen molar-refractivity contribution in [2.75, 3.05) is 0 Å². The first-order valence-electron chi connectivity index (χ1n) is 5.57. The normalized spacial score (nSPS) is 29.3. The quantitative estimate of drug-likeness (QED) is 0.461. The van der Waals surface area contributed by atoms with Crippen LogP contribution in [0.2, 0.25) is 0 Å². The topological polar surface area (TPSA) is 0 Å². The van der Waals surface area contributed by atoms with Crippen LogP contribution in [0, 0.1) is 11.8 Å². The van der Waals surface area contributed by atoms with Gasteiger partial charge in [0.15, 0.2) is 0 Å². The Labute approximate surface area is 92.4 Å². The third-order valence-corrected chi connectivity index (χ3v) is 3.64. The van der Waals surface area contributed by atoms with Crippen LogP contribution < -0.4 is 0 Å². The van der Waals surface area contributed by atoms with Crippen LogP contribution in [0.1, 0.15) is 27.2 Å². The molecule has 1 fully saturated rings. The second kappa shape index (κ2) is 3.72. The van der Waals surface area contributed by atoms with Crippen LogP contribution in [0.15, 0.2) is 52.8 Å². The maximum atomic E-state index is 3.62. The maximum absolute atomic E-state index is 3.62. The summed E-state index contributed by atoms with van der Waals surface area (Å²) in [6.45, 7) is 10.2. The molecular formula is C15H18. The smallest absolute Gasteiger partial charge is 0.0128 e. The van der Waals surface area contributed by atoms with Crippen molar-refractivity contribution in [3.63, 3.8) is 0 Å². The lowest BCUT2D eigenvalue weighted by molar-refractivity contribution is 0.891. The molecule has 0 radical (unpaired) electrons. The Balaban J connectivity index is 2.39. The molecule has 0 aliphatic heterocycles. The highest BCUT2D eigenvalue weighted by Crippen LogP contribution is 2.50. The fourth-order valence-electron chi connectivity index (χ4n) is 2.37. The van der Waals surface area contributed by atoms with Gasteiger partial charge in [-0.15, -0.1) is 5.73 Å². The van der Waals surface area contributed by atoms with E-state index in [0.717, 1.165) is 11.8 Å². The Morgan fingerprint density at radius 2 is 2.27 bits per heavy atom. The van der Waals surface area contributed by atoms with Gasteiger partial charge in [-0.3, -0.25) is 0 Å². The van der Waals surface area contributed by atoms with Gasteiger partial charge in [0.2, 0.25) is 0 Å². The molecule has 0 bridgehead atoms. The van der Waals surface area contributed by atoms with E-state index < -0.39 is 0 Å². The molecule has 15 heavy (non-hydrogen) atoms. The van der Waals surface area contributed by atoms with E-state index in [9.17, 15) is 0 Å². The van der Waals surface area contributed by atoms with Crippen molar-refractivity contribution in [3.8, 4) is 0 Å². The maximum Gasteiger partial charge on any atom is -0.0128 e. The molecule has 2 aliphatic carbocycles. The predicted molar refractivity (Wildman–Crippen MR) is 65.5 cm³/mol. The molecule has 78 valence electrons. The van der Waals surface area contributed by atoms with E-state index in [1.165, 1.54) is 23.1 Å². The molecule has 0 heteroatoms. The SMILES string of the molecule is C=C=C/C(C)=C(/C)C1=C(C)C2CC2C=C1. The van der Waals surface area contributed by atoms with Crippen LogP contribution in [0.3, 0.4) is 0 Å². The van der Waals surface area contributed by atoms with Crippen LogP contribution in [0.4, 0.5) is 0 Å². The third-order valence-electron chi connectivity index (χ3n) is 3.64. The van der Waals surface area contributed by atoms with Gasteiger partial charge in [-0.2, -0.15) is 0 Å². The summed E-state index contributed by atoms with van der Waals surface area (Å²) in [5.74, 6) is 1.68. The molecule has 2 unspecified atom stereocenters. The van der Waals surface area contributed by atoms with Gasteiger partial charge >= 0.3 is 0 Å². The molecule has 0 aromatic rings. The monoisotopic (exact) mass is 198 g/mol. The predicted octanol–water partition coefficient (Wildman–Crippen LogP) is 4.19. The van der Waals surface area contributed by atoms with Gasteiger partial charge in [0, 0.05) is 0 Å². The number of rotatable bonds is 2. The summed E-state index contributed by atoms with van der Waals surface area (Å²) in [6.07, 6.45) is 7.97. The van der Waals surface area contributed by atoms with Crippen molar-refractivity contribution in [1.29, 1.82) is 0 Å². The zero-order valence-corrected chi connectivity index (χ0v) is 9.80. The molecule has 0 nitrogen and oxygen atoms in total. The summed E-state index contributed by atoms with van der Waals surface area (Å²) in [4.78, 5) is 0. The first-order chi connectivity index (χ1) is 7.15. The third kappa shape index (κ3) is 1.78. The Bertz CT molecular complexity index is 423.